The summed E-state index contributed by atoms with van der Waals surface area (Å²) in [5.74, 6) is 0.908. The lowest BCUT2D eigenvalue weighted by Gasteiger charge is -2.07. The van der Waals surface area contributed by atoms with Gasteiger partial charge in [0.2, 0.25) is 0 Å². The maximum absolute atomic E-state index is 12.4. The van der Waals surface area contributed by atoms with E-state index in [0.717, 1.165) is 0 Å². The van der Waals surface area contributed by atoms with Crippen LogP contribution in [0.5, 0.6) is 5.75 Å². The minimum absolute atomic E-state index is 0.0605. The molecule has 0 aliphatic heterocycles. The highest BCUT2D eigenvalue weighted by atomic mass is 35.5. The molecule has 0 saturated carbocycles. The van der Waals surface area contributed by atoms with Crippen LogP contribution < -0.4 is 4.74 Å². The van der Waals surface area contributed by atoms with E-state index in [-0.39, 0.29) is 17.6 Å². The Hall–Kier alpha value is -2.02. The molecule has 134 valence electrons. The lowest BCUT2D eigenvalue weighted by molar-refractivity contribution is 0.0993. The third-order valence-electron chi connectivity index (χ3n) is 3.38. The minimum Gasteiger partial charge on any atom is -0.484 e. The number of carbonyl (C=O) groups excluding carboxylic acids is 1. The van der Waals surface area contributed by atoms with Gasteiger partial charge in [0, 0.05) is 15.6 Å². The standard InChI is InChI=1S/C18H14Cl2N2O3S/c1-11(17(23)12-3-2-4-14(20)9-12)26-18-22-21-16(25-18)10-24-15-7-5-13(19)6-8-15/h2-9,11H,10H2,1H3. The van der Waals surface area contributed by atoms with E-state index in [1.54, 1.807) is 55.5 Å². The van der Waals surface area contributed by atoms with Gasteiger partial charge in [-0.15, -0.1) is 10.2 Å². The molecule has 0 aliphatic carbocycles. The van der Waals surface area contributed by atoms with Crippen LogP contribution in [0.15, 0.2) is 58.2 Å². The van der Waals surface area contributed by atoms with Crippen LogP contribution in [0.4, 0.5) is 0 Å². The number of hydrogen-bond acceptors (Lipinski definition) is 6. The summed E-state index contributed by atoms with van der Waals surface area (Å²) in [6, 6.07) is 13.8. The van der Waals surface area contributed by atoms with Crippen LogP contribution in [-0.2, 0) is 6.61 Å². The molecule has 1 unspecified atom stereocenters. The number of carbonyl (C=O) groups is 1. The van der Waals surface area contributed by atoms with Crippen LogP contribution in [0.25, 0.3) is 0 Å². The first-order valence-corrected chi connectivity index (χ1v) is 9.32. The second-order valence-electron chi connectivity index (χ2n) is 5.34. The van der Waals surface area contributed by atoms with Gasteiger partial charge in [0.15, 0.2) is 12.4 Å². The Kier molecular flexibility index (Phi) is 6.19. The van der Waals surface area contributed by atoms with Crippen molar-refractivity contribution >= 4 is 40.7 Å². The number of aromatic nitrogens is 2. The summed E-state index contributed by atoms with van der Waals surface area (Å²) in [5.41, 5.74) is 0.545. The van der Waals surface area contributed by atoms with Gasteiger partial charge in [-0.2, -0.15) is 0 Å². The molecule has 2 aromatic carbocycles. The largest absolute Gasteiger partial charge is 0.484 e. The molecule has 0 aliphatic rings. The molecule has 1 aromatic heterocycles. The Morgan fingerprint density at radius 1 is 1.15 bits per heavy atom. The van der Waals surface area contributed by atoms with E-state index >= 15 is 0 Å². The fraction of sp³-hybridized carbons (Fsp3) is 0.167. The maximum atomic E-state index is 12.4. The Balaban J connectivity index is 1.57. The van der Waals surface area contributed by atoms with E-state index in [2.05, 4.69) is 10.2 Å². The zero-order valence-corrected chi connectivity index (χ0v) is 16.0. The second kappa shape index (κ2) is 8.58. The molecule has 8 heteroatoms. The molecule has 3 aromatic rings. The summed E-state index contributed by atoms with van der Waals surface area (Å²) >= 11 is 12.9. The van der Waals surface area contributed by atoms with Crippen molar-refractivity contribution in [1.29, 1.82) is 0 Å². The molecule has 26 heavy (non-hydrogen) atoms. The fourth-order valence-electron chi connectivity index (χ4n) is 2.10. The minimum atomic E-state index is -0.390. The Morgan fingerprint density at radius 2 is 1.92 bits per heavy atom. The molecule has 0 amide bonds. The molecule has 3 rings (SSSR count). The molecule has 0 spiro atoms. The molecule has 0 saturated heterocycles. The molecular weight excluding hydrogens is 395 g/mol. The van der Waals surface area contributed by atoms with Gasteiger partial charge in [-0.3, -0.25) is 4.79 Å². The summed E-state index contributed by atoms with van der Waals surface area (Å²) in [4.78, 5) is 12.4. The van der Waals surface area contributed by atoms with E-state index in [1.807, 2.05) is 0 Å². The monoisotopic (exact) mass is 408 g/mol. The molecule has 0 fully saturated rings. The highest BCUT2D eigenvalue weighted by molar-refractivity contribution is 8.00. The van der Waals surface area contributed by atoms with Crippen LogP contribution in [0.3, 0.4) is 0 Å². The lowest BCUT2D eigenvalue weighted by Crippen LogP contribution is -2.13. The van der Waals surface area contributed by atoms with Crippen molar-refractivity contribution in [3.05, 3.63) is 70.0 Å². The average Bonchev–Trinajstić information content (AvgIpc) is 3.08. The molecule has 0 N–H and O–H groups in total. The highest BCUT2D eigenvalue weighted by Crippen LogP contribution is 2.26. The van der Waals surface area contributed by atoms with Crippen LogP contribution >= 0.6 is 35.0 Å². The maximum Gasteiger partial charge on any atom is 0.277 e. The summed E-state index contributed by atoms with van der Waals surface area (Å²) < 4.78 is 11.1. The number of ether oxygens (including phenoxy) is 1. The summed E-state index contributed by atoms with van der Waals surface area (Å²) in [6.07, 6.45) is 0. The predicted octanol–water partition coefficient (Wildman–Crippen LogP) is 5.32. The van der Waals surface area contributed by atoms with Crippen molar-refractivity contribution in [2.24, 2.45) is 0 Å². The first-order chi connectivity index (χ1) is 12.5. The van der Waals surface area contributed by atoms with E-state index in [9.17, 15) is 4.79 Å². The fourth-order valence-corrected chi connectivity index (χ4v) is 3.20. The number of Topliss-reactive ketones (excluding diaryl/α,β-unsaturated/α-hetero) is 1. The van der Waals surface area contributed by atoms with Gasteiger partial charge in [0.05, 0.1) is 5.25 Å². The SMILES string of the molecule is CC(Sc1nnc(COc2ccc(Cl)cc2)o1)C(=O)c1cccc(Cl)c1. The predicted molar refractivity (Wildman–Crippen MR) is 101 cm³/mol. The molecule has 5 nitrogen and oxygen atoms in total. The van der Waals surface area contributed by atoms with Crippen LogP contribution in [0, 0.1) is 0 Å². The molecule has 1 atom stereocenters. The van der Waals surface area contributed by atoms with Crippen molar-refractivity contribution in [2.75, 3.05) is 0 Å². The third kappa shape index (κ3) is 5.00. The molecular formula is C18H14Cl2N2O3S. The van der Waals surface area contributed by atoms with Gasteiger partial charge in [-0.25, -0.2) is 0 Å². The van der Waals surface area contributed by atoms with Gasteiger partial charge in [0.25, 0.3) is 11.1 Å². The van der Waals surface area contributed by atoms with Crippen molar-refractivity contribution in [2.45, 2.75) is 24.0 Å². The number of nitrogens with zero attached hydrogens (tertiary/aromatic N) is 2. The van der Waals surface area contributed by atoms with E-state index in [0.29, 0.717) is 32.5 Å². The second-order valence-corrected chi connectivity index (χ2v) is 7.50. The number of rotatable bonds is 7. The van der Waals surface area contributed by atoms with Crippen molar-refractivity contribution in [1.82, 2.24) is 10.2 Å². The number of hydrogen-bond donors (Lipinski definition) is 0. The topological polar surface area (TPSA) is 65.2 Å². The van der Waals surface area contributed by atoms with Crippen molar-refractivity contribution in [3.8, 4) is 5.75 Å². The number of thioether (sulfide) groups is 1. The number of halogens is 2. The van der Waals surface area contributed by atoms with Gasteiger partial charge < -0.3 is 9.15 Å². The first-order valence-electron chi connectivity index (χ1n) is 7.68. The molecule has 1 heterocycles. The average molecular weight is 409 g/mol. The normalized spacial score (nSPS) is 12.0. The number of ketones is 1. The van der Waals surface area contributed by atoms with Gasteiger partial charge in [-0.1, -0.05) is 47.1 Å². The molecule has 0 bridgehead atoms. The van der Waals surface area contributed by atoms with Gasteiger partial charge >= 0.3 is 0 Å². The van der Waals surface area contributed by atoms with E-state index < -0.39 is 0 Å². The summed E-state index contributed by atoms with van der Waals surface area (Å²) in [7, 11) is 0. The van der Waals surface area contributed by atoms with E-state index in [1.165, 1.54) is 11.8 Å². The Morgan fingerprint density at radius 3 is 2.65 bits per heavy atom. The zero-order valence-electron chi connectivity index (χ0n) is 13.7. The van der Waals surface area contributed by atoms with Gasteiger partial charge in [-0.05, 0) is 43.3 Å². The van der Waals surface area contributed by atoms with Gasteiger partial charge in [0.1, 0.15) is 5.75 Å². The Bertz CT molecular complexity index is 899. The first kappa shape index (κ1) is 18.8. The molecule has 0 radical (unpaired) electrons. The number of benzene rings is 2. The third-order valence-corrected chi connectivity index (χ3v) is 4.80. The smallest absolute Gasteiger partial charge is 0.277 e. The van der Waals surface area contributed by atoms with Crippen molar-refractivity contribution < 1.29 is 13.9 Å². The highest BCUT2D eigenvalue weighted by Gasteiger charge is 2.20. The zero-order chi connectivity index (χ0) is 18.5. The van der Waals surface area contributed by atoms with Crippen LogP contribution in [0.2, 0.25) is 10.0 Å². The van der Waals surface area contributed by atoms with Crippen LogP contribution in [0.1, 0.15) is 23.2 Å². The summed E-state index contributed by atoms with van der Waals surface area (Å²) in [5, 5.41) is 8.94. The van der Waals surface area contributed by atoms with E-state index in [4.69, 9.17) is 32.4 Å². The summed E-state index contributed by atoms with van der Waals surface area (Å²) in [6.45, 7) is 1.91. The quantitative estimate of drug-likeness (QED) is 0.389. The lowest BCUT2D eigenvalue weighted by atomic mass is 10.1. The van der Waals surface area contributed by atoms with Crippen LogP contribution in [-0.4, -0.2) is 21.2 Å². The Labute approximate surface area is 164 Å². The van der Waals surface area contributed by atoms with Crippen molar-refractivity contribution in [3.63, 3.8) is 0 Å².